The molecular weight excluding hydrogens is 310 g/mol. The molecule has 0 radical (unpaired) electrons. The summed E-state index contributed by atoms with van der Waals surface area (Å²) >= 11 is 7.31. The van der Waals surface area contributed by atoms with Crippen molar-refractivity contribution in [2.24, 2.45) is 0 Å². The van der Waals surface area contributed by atoms with Gasteiger partial charge in [0.2, 0.25) is 5.91 Å². The SMILES string of the molecule is Cc1nc(C(C)C)sc1CNC(=O)CCc1cc(Cl)no1. The second kappa shape index (κ2) is 7.04. The number of thiazole rings is 1. The molecule has 2 heterocycles. The molecule has 114 valence electrons. The van der Waals surface area contributed by atoms with E-state index in [1.54, 1.807) is 17.4 Å². The van der Waals surface area contributed by atoms with E-state index in [4.69, 9.17) is 16.1 Å². The van der Waals surface area contributed by atoms with Crippen LogP contribution in [0, 0.1) is 6.92 Å². The van der Waals surface area contributed by atoms with Gasteiger partial charge in [0.1, 0.15) is 5.76 Å². The standard InChI is InChI=1S/C14H18ClN3O2S/c1-8(2)14-17-9(3)11(21-14)7-16-13(19)5-4-10-6-12(15)18-20-10/h6,8H,4-5,7H2,1-3H3,(H,16,19). The van der Waals surface area contributed by atoms with Gasteiger partial charge < -0.3 is 9.84 Å². The van der Waals surface area contributed by atoms with Crippen molar-refractivity contribution >= 4 is 28.8 Å². The van der Waals surface area contributed by atoms with Crippen molar-refractivity contribution in [2.75, 3.05) is 0 Å². The second-order valence-electron chi connectivity index (χ2n) is 5.11. The fraction of sp³-hybridized carbons (Fsp3) is 0.500. The van der Waals surface area contributed by atoms with E-state index in [1.165, 1.54) is 0 Å². The predicted molar refractivity (Wildman–Crippen MR) is 82.6 cm³/mol. The van der Waals surface area contributed by atoms with Crippen molar-refractivity contribution in [2.45, 2.75) is 46.1 Å². The van der Waals surface area contributed by atoms with Crippen molar-refractivity contribution in [3.05, 3.63) is 32.6 Å². The Morgan fingerprint density at radius 3 is 2.86 bits per heavy atom. The Labute approximate surface area is 132 Å². The Bertz CT molecular complexity index is 622. The van der Waals surface area contributed by atoms with Crippen LogP contribution in [0.2, 0.25) is 5.15 Å². The van der Waals surface area contributed by atoms with Gasteiger partial charge in [-0.1, -0.05) is 30.6 Å². The van der Waals surface area contributed by atoms with Crippen molar-refractivity contribution < 1.29 is 9.32 Å². The smallest absolute Gasteiger partial charge is 0.220 e. The molecule has 0 fully saturated rings. The van der Waals surface area contributed by atoms with Gasteiger partial charge in [0.15, 0.2) is 5.15 Å². The summed E-state index contributed by atoms with van der Waals surface area (Å²) in [6.07, 6.45) is 0.838. The average Bonchev–Trinajstić information content (AvgIpc) is 3.00. The van der Waals surface area contributed by atoms with Crippen LogP contribution in [0.5, 0.6) is 0 Å². The van der Waals surface area contributed by atoms with Gasteiger partial charge in [-0.25, -0.2) is 4.98 Å². The van der Waals surface area contributed by atoms with E-state index in [2.05, 4.69) is 29.3 Å². The van der Waals surface area contributed by atoms with E-state index in [1.807, 2.05) is 6.92 Å². The lowest BCUT2D eigenvalue weighted by Crippen LogP contribution is -2.22. The normalized spacial score (nSPS) is 11.1. The Kier molecular flexibility index (Phi) is 5.36. The minimum atomic E-state index is -0.0265. The van der Waals surface area contributed by atoms with Crippen LogP contribution in [0.15, 0.2) is 10.6 Å². The number of rotatable bonds is 6. The highest BCUT2D eigenvalue weighted by Crippen LogP contribution is 2.24. The molecule has 1 N–H and O–H groups in total. The van der Waals surface area contributed by atoms with Crippen molar-refractivity contribution in [1.29, 1.82) is 0 Å². The molecule has 0 aliphatic rings. The number of aromatic nitrogens is 2. The molecule has 2 aromatic rings. The van der Waals surface area contributed by atoms with Crippen LogP contribution in [0.3, 0.4) is 0 Å². The van der Waals surface area contributed by atoms with Gasteiger partial charge in [-0.3, -0.25) is 4.79 Å². The number of carbonyl (C=O) groups excluding carboxylic acids is 1. The number of carbonyl (C=O) groups is 1. The minimum Gasteiger partial charge on any atom is -0.360 e. The summed E-state index contributed by atoms with van der Waals surface area (Å²) in [5.41, 5.74) is 0.992. The zero-order valence-electron chi connectivity index (χ0n) is 12.3. The molecule has 0 unspecified atom stereocenters. The lowest BCUT2D eigenvalue weighted by atomic mass is 10.2. The average molecular weight is 328 g/mol. The Morgan fingerprint density at radius 2 is 2.29 bits per heavy atom. The first-order valence-electron chi connectivity index (χ1n) is 6.79. The van der Waals surface area contributed by atoms with Crippen LogP contribution in [-0.4, -0.2) is 16.0 Å². The summed E-state index contributed by atoms with van der Waals surface area (Å²) < 4.78 is 4.96. The van der Waals surface area contributed by atoms with Crippen LogP contribution < -0.4 is 5.32 Å². The molecule has 0 saturated heterocycles. The predicted octanol–water partition coefficient (Wildman–Crippen LogP) is 3.47. The van der Waals surface area contributed by atoms with Crippen LogP contribution in [0.25, 0.3) is 0 Å². The molecule has 0 spiro atoms. The Morgan fingerprint density at radius 1 is 1.52 bits per heavy atom. The summed E-state index contributed by atoms with van der Waals surface area (Å²) in [5.74, 6) is 1.00. The first-order valence-corrected chi connectivity index (χ1v) is 7.99. The van der Waals surface area contributed by atoms with E-state index in [-0.39, 0.29) is 5.91 Å². The Hall–Kier alpha value is -1.40. The van der Waals surface area contributed by atoms with Gasteiger partial charge in [-0.2, -0.15) is 0 Å². The van der Waals surface area contributed by atoms with Crippen molar-refractivity contribution in [1.82, 2.24) is 15.5 Å². The van der Waals surface area contributed by atoms with Gasteiger partial charge in [0.25, 0.3) is 0 Å². The highest BCUT2D eigenvalue weighted by atomic mass is 35.5. The fourth-order valence-electron chi connectivity index (χ4n) is 1.77. The third kappa shape index (κ3) is 4.54. The highest BCUT2D eigenvalue weighted by molar-refractivity contribution is 7.11. The molecule has 7 heteroatoms. The first-order chi connectivity index (χ1) is 9.95. The quantitative estimate of drug-likeness (QED) is 0.882. The van der Waals surface area contributed by atoms with E-state index < -0.39 is 0 Å². The molecule has 2 rings (SSSR count). The van der Waals surface area contributed by atoms with Crippen molar-refractivity contribution in [3.63, 3.8) is 0 Å². The molecule has 0 saturated carbocycles. The number of nitrogens with zero attached hydrogens (tertiary/aromatic N) is 2. The molecule has 0 aliphatic heterocycles. The third-order valence-corrected chi connectivity index (χ3v) is 4.61. The maximum absolute atomic E-state index is 11.8. The lowest BCUT2D eigenvalue weighted by molar-refractivity contribution is -0.121. The summed E-state index contributed by atoms with van der Waals surface area (Å²) in [4.78, 5) is 17.4. The van der Waals surface area contributed by atoms with E-state index in [0.29, 0.717) is 36.2 Å². The topological polar surface area (TPSA) is 68.0 Å². The van der Waals surface area contributed by atoms with Crippen LogP contribution in [-0.2, 0) is 17.8 Å². The minimum absolute atomic E-state index is 0.0265. The van der Waals surface area contributed by atoms with E-state index in [9.17, 15) is 4.79 Å². The number of halogens is 1. The Balaban J connectivity index is 1.81. The molecule has 0 aliphatic carbocycles. The van der Waals surface area contributed by atoms with Crippen LogP contribution >= 0.6 is 22.9 Å². The number of aryl methyl sites for hydroxylation is 2. The van der Waals surface area contributed by atoms with Gasteiger partial charge in [0.05, 0.1) is 17.2 Å². The zero-order valence-corrected chi connectivity index (χ0v) is 13.8. The number of hydrogen-bond donors (Lipinski definition) is 1. The highest BCUT2D eigenvalue weighted by Gasteiger charge is 2.12. The fourth-order valence-corrected chi connectivity index (χ4v) is 2.94. The molecule has 2 aromatic heterocycles. The molecule has 5 nitrogen and oxygen atoms in total. The van der Waals surface area contributed by atoms with Gasteiger partial charge >= 0.3 is 0 Å². The summed E-state index contributed by atoms with van der Waals surface area (Å²) in [5, 5.41) is 7.89. The molecule has 0 bridgehead atoms. The molecule has 1 amide bonds. The maximum Gasteiger partial charge on any atom is 0.220 e. The van der Waals surface area contributed by atoms with Crippen LogP contribution in [0.1, 0.15) is 47.5 Å². The van der Waals surface area contributed by atoms with E-state index in [0.717, 1.165) is 15.6 Å². The lowest BCUT2D eigenvalue weighted by Gasteiger charge is -2.03. The first kappa shape index (κ1) is 16.0. The summed E-state index contributed by atoms with van der Waals surface area (Å²) in [6.45, 7) is 6.72. The molecule has 0 aromatic carbocycles. The molecule has 0 atom stereocenters. The summed E-state index contributed by atoms with van der Waals surface area (Å²) in [6, 6.07) is 1.62. The monoisotopic (exact) mass is 327 g/mol. The maximum atomic E-state index is 11.8. The largest absolute Gasteiger partial charge is 0.360 e. The van der Waals surface area contributed by atoms with E-state index >= 15 is 0 Å². The van der Waals surface area contributed by atoms with Crippen molar-refractivity contribution in [3.8, 4) is 0 Å². The number of hydrogen-bond acceptors (Lipinski definition) is 5. The molecular formula is C14H18ClN3O2S. The molecule has 21 heavy (non-hydrogen) atoms. The van der Waals surface area contributed by atoms with Gasteiger partial charge in [-0.05, 0) is 6.92 Å². The van der Waals surface area contributed by atoms with Gasteiger partial charge in [-0.15, -0.1) is 11.3 Å². The zero-order chi connectivity index (χ0) is 15.4. The summed E-state index contributed by atoms with van der Waals surface area (Å²) in [7, 11) is 0. The van der Waals surface area contributed by atoms with Crippen LogP contribution in [0.4, 0.5) is 0 Å². The third-order valence-electron chi connectivity index (χ3n) is 2.98. The number of nitrogens with one attached hydrogen (secondary N) is 1. The number of amides is 1. The van der Waals surface area contributed by atoms with Gasteiger partial charge in [0, 0.05) is 29.7 Å². The second-order valence-corrected chi connectivity index (χ2v) is 6.61.